The molecule has 1 saturated heterocycles. The van der Waals surface area contributed by atoms with Gasteiger partial charge in [-0.3, -0.25) is 0 Å². The molecule has 0 unspecified atom stereocenters. The van der Waals surface area contributed by atoms with Gasteiger partial charge in [0.05, 0.1) is 0 Å². The Kier molecular flexibility index (Phi) is 2.16. The van der Waals surface area contributed by atoms with Crippen molar-refractivity contribution in [1.82, 2.24) is 9.97 Å². The van der Waals surface area contributed by atoms with Crippen molar-refractivity contribution < 1.29 is 0 Å². The lowest BCUT2D eigenvalue weighted by molar-refractivity contribution is 0.665. The molecule has 0 atom stereocenters. The van der Waals surface area contributed by atoms with E-state index in [1.807, 2.05) is 18.5 Å². The predicted molar refractivity (Wildman–Crippen MR) is 59.7 cm³/mol. The van der Waals surface area contributed by atoms with E-state index in [9.17, 15) is 0 Å². The minimum atomic E-state index is 0.886. The van der Waals surface area contributed by atoms with Gasteiger partial charge in [0.2, 0.25) is 5.95 Å². The molecule has 3 rings (SSSR count). The van der Waals surface area contributed by atoms with Crippen molar-refractivity contribution in [3.63, 3.8) is 0 Å². The fraction of sp³-hybridized carbons (Fsp3) is 0.500. The average Bonchev–Trinajstić information content (AvgIpc) is 3.15. The molecule has 0 radical (unpaired) electrons. The number of nitrogens with zero attached hydrogens (tertiary/aromatic N) is 3. The summed E-state index contributed by atoms with van der Waals surface area (Å²) in [5, 5.41) is 0. The van der Waals surface area contributed by atoms with Gasteiger partial charge in [-0.2, -0.15) is 0 Å². The highest BCUT2D eigenvalue weighted by molar-refractivity contribution is 5.35. The van der Waals surface area contributed by atoms with E-state index in [-0.39, 0.29) is 0 Å². The van der Waals surface area contributed by atoms with Gasteiger partial charge >= 0.3 is 0 Å². The first-order chi connectivity index (χ1) is 7.43. The normalized spacial score (nSPS) is 20.7. The first kappa shape index (κ1) is 8.89. The summed E-state index contributed by atoms with van der Waals surface area (Å²) in [4.78, 5) is 10.9. The van der Waals surface area contributed by atoms with Crippen molar-refractivity contribution in [3.05, 3.63) is 29.6 Å². The molecule has 1 aliphatic carbocycles. The quantitative estimate of drug-likeness (QED) is 0.652. The van der Waals surface area contributed by atoms with Gasteiger partial charge in [-0.15, -0.1) is 0 Å². The summed E-state index contributed by atoms with van der Waals surface area (Å²) in [6.07, 6.45) is 8.78. The molecule has 2 aliphatic rings. The van der Waals surface area contributed by atoms with Crippen LogP contribution in [0, 0.1) is 0 Å². The lowest BCUT2D eigenvalue weighted by Gasteiger charge is -2.28. The second-order valence-electron chi connectivity index (χ2n) is 4.24. The number of rotatable bonds is 1. The smallest absolute Gasteiger partial charge is 0.225 e. The molecule has 2 heterocycles. The Bertz CT molecular complexity index is 367. The number of aromatic nitrogens is 2. The van der Waals surface area contributed by atoms with Crippen molar-refractivity contribution in [2.75, 3.05) is 18.0 Å². The predicted octanol–water partition coefficient (Wildman–Crippen LogP) is 2.17. The van der Waals surface area contributed by atoms with E-state index in [4.69, 9.17) is 0 Å². The fourth-order valence-electron chi connectivity index (χ4n) is 2.20. The van der Waals surface area contributed by atoms with Crippen LogP contribution in [0.3, 0.4) is 0 Å². The van der Waals surface area contributed by atoms with Crippen molar-refractivity contribution in [2.24, 2.45) is 0 Å². The van der Waals surface area contributed by atoms with E-state index in [1.165, 1.54) is 25.7 Å². The number of anilines is 1. The highest BCUT2D eigenvalue weighted by Crippen LogP contribution is 2.36. The molecule has 1 aromatic heterocycles. The van der Waals surface area contributed by atoms with Crippen LogP contribution in [0.25, 0.3) is 0 Å². The maximum Gasteiger partial charge on any atom is 0.225 e. The summed E-state index contributed by atoms with van der Waals surface area (Å²) in [7, 11) is 0. The molecule has 1 aromatic rings. The van der Waals surface area contributed by atoms with Gasteiger partial charge < -0.3 is 4.90 Å². The molecule has 1 aliphatic heterocycles. The van der Waals surface area contributed by atoms with Gasteiger partial charge in [-0.1, -0.05) is 11.1 Å². The van der Waals surface area contributed by atoms with Crippen LogP contribution in [0.2, 0.25) is 0 Å². The standard InChI is InChI=1S/C12H15N3/c1-6-13-12(14-7-1)15-8-4-11(5-9-15)10-2-3-10/h1,6-7H,2-5,8-9H2. The van der Waals surface area contributed by atoms with E-state index in [1.54, 1.807) is 11.1 Å². The lowest BCUT2D eigenvalue weighted by atomic mass is 10.0. The van der Waals surface area contributed by atoms with E-state index >= 15 is 0 Å². The van der Waals surface area contributed by atoms with Crippen LogP contribution in [0.4, 0.5) is 5.95 Å². The summed E-state index contributed by atoms with van der Waals surface area (Å²) in [6.45, 7) is 2.17. The Morgan fingerprint density at radius 3 is 2.07 bits per heavy atom. The highest BCUT2D eigenvalue weighted by Gasteiger charge is 2.22. The molecule has 1 saturated carbocycles. The Labute approximate surface area is 89.8 Å². The van der Waals surface area contributed by atoms with Crippen molar-refractivity contribution in [2.45, 2.75) is 25.7 Å². The van der Waals surface area contributed by atoms with Crippen molar-refractivity contribution >= 4 is 5.95 Å². The zero-order valence-electron chi connectivity index (χ0n) is 8.82. The fourth-order valence-corrected chi connectivity index (χ4v) is 2.20. The Morgan fingerprint density at radius 2 is 1.47 bits per heavy atom. The van der Waals surface area contributed by atoms with Gasteiger partial charge in [0, 0.05) is 25.5 Å². The van der Waals surface area contributed by atoms with Crippen molar-refractivity contribution in [1.29, 1.82) is 0 Å². The van der Waals surface area contributed by atoms with Gasteiger partial charge in [0.1, 0.15) is 0 Å². The van der Waals surface area contributed by atoms with E-state index in [0.717, 1.165) is 19.0 Å². The maximum absolute atomic E-state index is 4.29. The molecule has 0 bridgehead atoms. The largest absolute Gasteiger partial charge is 0.340 e. The van der Waals surface area contributed by atoms with E-state index in [0.29, 0.717) is 0 Å². The summed E-state index contributed by atoms with van der Waals surface area (Å²) < 4.78 is 0. The van der Waals surface area contributed by atoms with Crippen LogP contribution in [0.5, 0.6) is 0 Å². The first-order valence-corrected chi connectivity index (χ1v) is 5.65. The maximum atomic E-state index is 4.29. The monoisotopic (exact) mass is 201 g/mol. The van der Waals surface area contributed by atoms with Crippen LogP contribution in [-0.4, -0.2) is 23.1 Å². The minimum absolute atomic E-state index is 0.886. The third-order valence-electron chi connectivity index (χ3n) is 3.20. The molecule has 3 heteroatoms. The summed E-state index contributed by atoms with van der Waals surface area (Å²) in [6, 6.07) is 1.87. The molecule has 78 valence electrons. The Balaban J connectivity index is 1.69. The van der Waals surface area contributed by atoms with Crippen LogP contribution in [-0.2, 0) is 0 Å². The number of hydrogen-bond donors (Lipinski definition) is 0. The third kappa shape index (κ3) is 1.87. The zero-order valence-corrected chi connectivity index (χ0v) is 8.82. The van der Waals surface area contributed by atoms with Crippen LogP contribution < -0.4 is 4.90 Å². The highest BCUT2D eigenvalue weighted by atomic mass is 15.2. The van der Waals surface area contributed by atoms with Crippen molar-refractivity contribution in [3.8, 4) is 0 Å². The minimum Gasteiger partial charge on any atom is -0.340 e. The molecule has 0 aromatic carbocycles. The van der Waals surface area contributed by atoms with Gasteiger partial charge in [0.15, 0.2) is 0 Å². The molecule has 3 nitrogen and oxygen atoms in total. The zero-order chi connectivity index (χ0) is 10.1. The Morgan fingerprint density at radius 1 is 0.867 bits per heavy atom. The number of allylic oxidation sites excluding steroid dienone is 1. The first-order valence-electron chi connectivity index (χ1n) is 5.65. The number of piperidine rings is 1. The molecule has 0 amide bonds. The Hall–Kier alpha value is -1.38. The van der Waals surface area contributed by atoms with E-state index in [2.05, 4.69) is 14.9 Å². The van der Waals surface area contributed by atoms with Gasteiger partial charge in [-0.05, 0) is 31.7 Å². The topological polar surface area (TPSA) is 29.0 Å². The molecular formula is C12H15N3. The second kappa shape index (κ2) is 3.65. The summed E-state index contributed by atoms with van der Waals surface area (Å²) >= 11 is 0. The molecule has 0 spiro atoms. The molecule has 2 fully saturated rings. The lowest BCUT2D eigenvalue weighted by Crippen LogP contribution is -2.31. The van der Waals surface area contributed by atoms with Crippen LogP contribution in [0.15, 0.2) is 29.6 Å². The summed E-state index contributed by atoms with van der Waals surface area (Å²) in [5.41, 5.74) is 3.44. The van der Waals surface area contributed by atoms with Gasteiger partial charge in [-0.25, -0.2) is 9.97 Å². The molecule has 15 heavy (non-hydrogen) atoms. The molecule has 0 N–H and O–H groups in total. The van der Waals surface area contributed by atoms with E-state index < -0.39 is 0 Å². The number of hydrogen-bond acceptors (Lipinski definition) is 3. The van der Waals surface area contributed by atoms with Gasteiger partial charge in [0.25, 0.3) is 0 Å². The average molecular weight is 201 g/mol. The third-order valence-corrected chi connectivity index (χ3v) is 3.20. The van der Waals surface area contributed by atoms with Crippen LogP contribution in [0.1, 0.15) is 25.7 Å². The SMILES string of the molecule is c1cnc(N2CCC(=C3CC3)CC2)nc1. The molecular weight excluding hydrogens is 186 g/mol. The second-order valence-corrected chi connectivity index (χ2v) is 4.24. The van der Waals surface area contributed by atoms with Crippen LogP contribution >= 0.6 is 0 Å². The summed E-state index contributed by atoms with van der Waals surface area (Å²) in [5.74, 6) is 0.886.